The molecule has 0 saturated heterocycles. The van der Waals surface area contributed by atoms with Crippen molar-refractivity contribution in [2.45, 2.75) is 0 Å². The highest BCUT2D eigenvalue weighted by molar-refractivity contribution is 9.10. The number of amides is 1. The summed E-state index contributed by atoms with van der Waals surface area (Å²) in [6, 6.07) is 8.97. The molecule has 0 atom stereocenters. The van der Waals surface area contributed by atoms with Crippen LogP contribution < -0.4 is 5.32 Å². The van der Waals surface area contributed by atoms with Crippen molar-refractivity contribution >= 4 is 56.7 Å². The molecule has 0 radical (unpaired) electrons. The van der Waals surface area contributed by atoms with Crippen LogP contribution in [0.1, 0.15) is 20.7 Å². The van der Waals surface area contributed by atoms with Gasteiger partial charge in [0.2, 0.25) is 0 Å². The first-order chi connectivity index (χ1) is 9.88. The van der Waals surface area contributed by atoms with E-state index in [-0.39, 0.29) is 16.5 Å². The van der Waals surface area contributed by atoms with Gasteiger partial charge in [-0.2, -0.15) is 0 Å². The zero-order chi connectivity index (χ0) is 15.6. The van der Waals surface area contributed by atoms with E-state index < -0.39 is 5.97 Å². The molecule has 0 aromatic heterocycles. The van der Waals surface area contributed by atoms with E-state index in [9.17, 15) is 9.59 Å². The van der Waals surface area contributed by atoms with Crippen LogP contribution in [0.4, 0.5) is 5.69 Å². The van der Waals surface area contributed by atoms with Crippen LogP contribution in [-0.2, 0) is 0 Å². The van der Waals surface area contributed by atoms with E-state index in [0.29, 0.717) is 20.7 Å². The van der Waals surface area contributed by atoms with Gasteiger partial charge in [0.15, 0.2) is 0 Å². The van der Waals surface area contributed by atoms with E-state index >= 15 is 0 Å². The van der Waals surface area contributed by atoms with Crippen LogP contribution in [0.3, 0.4) is 0 Å². The van der Waals surface area contributed by atoms with Crippen LogP contribution in [0.5, 0.6) is 0 Å². The molecular formula is C14H8BrCl2NO3. The molecule has 0 aliphatic heterocycles. The molecule has 0 bridgehead atoms. The average Bonchev–Trinajstić information content (AvgIpc) is 2.41. The van der Waals surface area contributed by atoms with Crippen molar-refractivity contribution in [1.82, 2.24) is 0 Å². The minimum absolute atomic E-state index is 0.0265. The average molecular weight is 389 g/mol. The van der Waals surface area contributed by atoms with Crippen LogP contribution in [0.15, 0.2) is 40.9 Å². The van der Waals surface area contributed by atoms with Gasteiger partial charge < -0.3 is 10.4 Å². The lowest BCUT2D eigenvalue weighted by Gasteiger charge is -2.07. The van der Waals surface area contributed by atoms with Crippen LogP contribution in [-0.4, -0.2) is 17.0 Å². The number of carboxylic acids is 1. The quantitative estimate of drug-likeness (QED) is 0.800. The van der Waals surface area contributed by atoms with Gasteiger partial charge in [-0.1, -0.05) is 23.2 Å². The standard InChI is InChI=1S/C14H8BrCl2NO3/c15-10-4-1-7(5-12(10)17)13(19)18-8-2-3-9(14(20)21)11(16)6-8/h1-6H,(H,18,19)(H,20,21). The van der Waals surface area contributed by atoms with Crippen molar-refractivity contribution in [2.24, 2.45) is 0 Å². The lowest BCUT2D eigenvalue weighted by atomic mass is 10.2. The second kappa shape index (κ2) is 6.47. The van der Waals surface area contributed by atoms with E-state index in [0.717, 1.165) is 0 Å². The Morgan fingerprint density at radius 1 is 1.05 bits per heavy atom. The van der Waals surface area contributed by atoms with Gasteiger partial charge in [-0.25, -0.2) is 4.79 Å². The second-order valence-electron chi connectivity index (χ2n) is 4.08. The molecule has 4 nitrogen and oxygen atoms in total. The van der Waals surface area contributed by atoms with Crippen LogP contribution >= 0.6 is 39.1 Å². The molecule has 0 saturated carbocycles. The summed E-state index contributed by atoms with van der Waals surface area (Å²) in [5, 5.41) is 12.0. The molecule has 2 rings (SSSR count). The third kappa shape index (κ3) is 3.75. The first-order valence-electron chi connectivity index (χ1n) is 5.67. The minimum atomic E-state index is -1.13. The molecule has 0 spiro atoms. The summed E-state index contributed by atoms with van der Waals surface area (Å²) in [6.45, 7) is 0. The van der Waals surface area contributed by atoms with Crippen molar-refractivity contribution in [1.29, 1.82) is 0 Å². The van der Waals surface area contributed by atoms with Crippen molar-refractivity contribution < 1.29 is 14.7 Å². The smallest absolute Gasteiger partial charge is 0.337 e. The Morgan fingerprint density at radius 3 is 2.33 bits per heavy atom. The van der Waals surface area contributed by atoms with E-state index in [1.54, 1.807) is 12.1 Å². The van der Waals surface area contributed by atoms with Gasteiger partial charge in [-0.3, -0.25) is 4.79 Å². The minimum Gasteiger partial charge on any atom is -0.478 e. The number of carbonyl (C=O) groups is 2. The molecule has 2 N–H and O–H groups in total. The monoisotopic (exact) mass is 387 g/mol. The normalized spacial score (nSPS) is 10.2. The first kappa shape index (κ1) is 15.8. The summed E-state index contributed by atoms with van der Waals surface area (Å²) in [4.78, 5) is 22.9. The van der Waals surface area contributed by atoms with Crippen LogP contribution in [0.2, 0.25) is 10.0 Å². The highest BCUT2D eigenvalue weighted by Gasteiger charge is 2.12. The molecule has 0 aliphatic rings. The Balaban J connectivity index is 2.21. The number of aromatic carboxylic acids is 1. The summed E-state index contributed by atoms with van der Waals surface area (Å²) < 4.78 is 0.689. The molecule has 7 heteroatoms. The Morgan fingerprint density at radius 2 is 1.76 bits per heavy atom. The number of hydrogen-bond acceptors (Lipinski definition) is 2. The van der Waals surface area contributed by atoms with Crippen molar-refractivity contribution in [3.05, 3.63) is 62.0 Å². The van der Waals surface area contributed by atoms with Crippen molar-refractivity contribution in [2.75, 3.05) is 5.32 Å². The summed E-state index contributed by atoms with van der Waals surface area (Å²) in [7, 11) is 0. The number of rotatable bonds is 3. The summed E-state index contributed by atoms with van der Waals surface area (Å²) in [5.41, 5.74) is 0.747. The molecule has 2 aromatic rings. The summed E-state index contributed by atoms with van der Waals surface area (Å²) in [5.74, 6) is -1.50. The highest BCUT2D eigenvalue weighted by Crippen LogP contribution is 2.25. The molecular weight excluding hydrogens is 381 g/mol. The molecule has 21 heavy (non-hydrogen) atoms. The fourth-order valence-electron chi connectivity index (χ4n) is 1.61. The maximum absolute atomic E-state index is 12.1. The number of nitrogens with one attached hydrogen (secondary N) is 1. The van der Waals surface area contributed by atoms with Gasteiger partial charge in [0.1, 0.15) is 0 Å². The van der Waals surface area contributed by atoms with Crippen molar-refractivity contribution in [3.63, 3.8) is 0 Å². The number of hydrogen-bond donors (Lipinski definition) is 2. The van der Waals surface area contributed by atoms with Gasteiger partial charge >= 0.3 is 5.97 Å². The third-order valence-corrected chi connectivity index (χ3v) is 4.18. The number of carboxylic acid groups (broad SMARTS) is 1. The zero-order valence-electron chi connectivity index (χ0n) is 10.4. The van der Waals surface area contributed by atoms with Gasteiger partial charge in [-0.05, 0) is 52.3 Å². The Bertz CT molecular complexity index is 734. The van der Waals surface area contributed by atoms with E-state index in [1.807, 2.05) is 0 Å². The lowest BCUT2D eigenvalue weighted by molar-refractivity contribution is 0.0697. The third-order valence-electron chi connectivity index (χ3n) is 2.64. The van der Waals surface area contributed by atoms with Crippen LogP contribution in [0, 0.1) is 0 Å². The Labute approximate surface area is 138 Å². The van der Waals surface area contributed by atoms with Gasteiger partial charge in [0, 0.05) is 15.7 Å². The van der Waals surface area contributed by atoms with Gasteiger partial charge in [0.05, 0.1) is 15.6 Å². The molecule has 0 aliphatic carbocycles. The molecule has 2 aromatic carbocycles. The largest absolute Gasteiger partial charge is 0.478 e. The first-order valence-corrected chi connectivity index (χ1v) is 7.22. The number of halogens is 3. The van der Waals surface area contributed by atoms with Gasteiger partial charge in [0.25, 0.3) is 5.91 Å². The van der Waals surface area contributed by atoms with Gasteiger partial charge in [-0.15, -0.1) is 0 Å². The SMILES string of the molecule is O=C(Nc1ccc(C(=O)O)c(Cl)c1)c1ccc(Br)c(Cl)c1. The second-order valence-corrected chi connectivity index (χ2v) is 5.75. The summed E-state index contributed by atoms with van der Waals surface area (Å²) in [6.07, 6.45) is 0. The van der Waals surface area contributed by atoms with Crippen LogP contribution in [0.25, 0.3) is 0 Å². The Hall–Kier alpha value is -1.56. The topological polar surface area (TPSA) is 66.4 Å². The maximum atomic E-state index is 12.1. The molecule has 108 valence electrons. The number of anilines is 1. The highest BCUT2D eigenvalue weighted by atomic mass is 79.9. The fourth-order valence-corrected chi connectivity index (χ4v) is 2.30. The van der Waals surface area contributed by atoms with Crippen molar-refractivity contribution in [3.8, 4) is 0 Å². The van der Waals surface area contributed by atoms with E-state index in [1.165, 1.54) is 24.3 Å². The lowest BCUT2D eigenvalue weighted by Crippen LogP contribution is -2.12. The fraction of sp³-hybridized carbons (Fsp3) is 0. The maximum Gasteiger partial charge on any atom is 0.337 e. The molecule has 0 heterocycles. The predicted octanol–water partition coefficient (Wildman–Crippen LogP) is 4.71. The molecule has 0 unspecified atom stereocenters. The molecule has 1 amide bonds. The zero-order valence-corrected chi connectivity index (χ0v) is 13.5. The van der Waals surface area contributed by atoms with E-state index in [4.69, 9.17) is 28.3 Å². The molecule has 0 fully saturated rings. The number of carbonyl (C=O) groups excluding carboxylic acids is 1. The Kier molecular flexibility index (Phi) is 4.88. The number of benzene rings is 2. The van der Waals surface area contributed by atoms with E-state index in [2.05, 4.69) is 21.2 Å². The summed E-state index contributed by atoms with van der Waals surface area (Å²) >= 11 is 15.0. The predicted molar refractivity (Wildman–Crippen MR) is 85.5 cm³/mol.